The smallest absolute Gasteiger partial charge is 0.308 e. The van der Waals surface area contributed by atoms with E-state index in [-0.39, 0.29) is 12.5 Å². The number of aliphatic carboxylic acids is 1. The number of amides is 1. The molecule has 0 aliphatic heterocycles. The average Bonchev–Trinajstić information content (AvgIpc) is 2.43. The molecule has 5 heteroatoms. The molecule has 0 saturated heterocycles. The number of rotatable bonds is 7. The van der Waals surface area contributed by atoms with Gasteiger partial charge in [0.2, 0.25) is 0 Å². The van der Waals surface area contributed by atoms with Gasteiger partial charge in [0, 0.05) is 6.54 Å². The van der Waals surface area contributed by atoms with E-state index in [1.165, 1.54) is 0 Å². The Morgan fingerprint density at radius 3 is 2.55 bits per heavy atom. The van der Waals surface area contributed by atoms with Gasteiger partial charge < -0.3 is 15.2 Å². The van der Waals surface area contributed by atoms with Crippen molar-refractivity contribution in [1.82, 2.24) is 5.32 Å². The van der Waals surface area contributed by atoms with Gasteiger partial charge >= 0.3 is 5.97 Å². The van der Waals surface area contributed by atoms with Crippen molar-refractivity contribution in [3.05, 3.63) is 29.8 Å². The quantitative estimate of drug-likeness (QED) is 0.800. The molecule has 20 heavy (non-hydrogen) atoms. The van der Waals surface area contributed by atoms with Crippen LogP contribution in [-0.2, 0) is 9.59 Å². The van der Waals surface area contributed by atoms with Crippen LogP contribution in [0.4, 0.5) is 0 Å². The van der Waals surface area contributed by atoms with Crippen molar-refractivity contribution in [2.24, 2.45) is 5.92 Å². The third-order valence-corrected chi connectivity index (χ3v) is 3.03. The molecule has 1 aromatic rings. The number of ether oxygens (including phenoxy) is 1. The van der Waals surface area contributed by atoms with E-state index in [1.807, 2.05) is 38.1 Å². The Morgan fingerprint density at radius 2 is 2.00 bits per heavy atom. The highest BCUT2D eigenvalue weighted by atomic mass is 16.5. The third kappa shape index (κ3) is 4.57. The summed E-state index contributed by atoms with van der Waals surface area (Å²) in [4.78, 5) is 22.7. The number of carboxylic acid groups (broad SMARTS) is 1. The largest absolute Gasteiger partial charge is 0.481 e. The van der Waals surface area contributed by atoms with E-state index in [0.29, 0.717) is 12.2 Å². The molecule has 1 rings (SSSR count). The number of benzene rings is 1. The van der Waals surface area contributed by atoms with Crippen LogP contribution in [0.1, 0.15) is 25.8 Å². The van der Waals surface area contributed by atoms with Crippen LogP contribution in [-0.4, -0.2) is 29.6 Å². The van der Waals surface area contributed by atoms with Crippen LogP contribution in [0.3, 0.4) is 0 Å². The van der Waals surface area contributed by atoms with Gasteiger partial charge in [-0.15, -0.1) is 0 Å². The highest BCUT2D eigenvalue weighted by Crippen LogP contribution is 2.18. The first-order valence-electron chi connectivity index (χ1n) is 6.68. The molecule has 2 atom stereocenters. The summed E-state index contributed by atoms with van der Waals surface area (Å²) in [6, 6.07) is 7.47. The van der Waals surface area contributed by atoms with Gasteiger partial charge in [0.25, 0.3) is 5.91 Å². The second-order valence-electron chi connectivity index (χ2n) is 4.76. The number of hydrogen-bond acceptors (Lipinski definition) is 3. The van der Waals surface area contributed by atoms with Crippen LogP contribution >= 0.6 is 0 Å². The van der Waals surface area contributed by atoms with Crippen molar-refractivity contribution in [1.29, 1.82) is 0 Å². The van der Waals surface area contributed by atoms with E-state index in [2.05, 4.69) is 5.32 Å². The summed E-state index contributed by atoms with van der Waals surface area (Å²) < 4.78 is 5.69. The van der Waals surface area contributed by atoms with Crippen LogP contribution in [0.5, 0.6) is 5.75 Å². The van der Waals surface area contributed by atoms with Crippen LogP contribution in [0.25, 0.3) is 0 Å². The molecule has 0 fully saturated rings. The second kappa shape index (κ2) is 7.53. The van der Waals surface area contributed by atoms with Crippen molar-refractivity contribution >= 4 is 11.9 Å². The lowest BCUT2D eigenvalue weighted by Gasteiger charge is -2.19. The Bertz CT molecular complexity index is 473. The summed E-state index contributed by atoms with van der Waals surface area (Å²) in [6.45, 7) is 5.41. The van der Waals surface area contributed by atoms with E-state index >= 15 is 0 Å². The summed E-state index contributed by atoms with van der Waals surface area (Å²) in [5.41, 5.74) is 0.956. The summed E-state index contributed by atoms with van der Waals surface area (Å²) in [7, 11) is 0. The van der Waals surface area contributed by atoms with Crippen molar-refractivity contribution in [3.8, 4) is 5.75 Å². The normalized spacial score (nSPS) is 13.3. The van der Waals surface area contributed by atoms with Gasteiger partial charge in [-0.25, -0.2) is 0 Å². The molecule has 1 aromatic carbocycles. The Labute approximate surface area is 118 Å². The minimum atomic E-state index is -0.932. The first kappa shape index (κ1) is 16.0. The number of nitrogens with one attached hydrogen (secondary N) is 1. The maximum atomic E-state index is 12.0. The lowest BCUT2D eigenvalue weighted by molar-refractivity contribution is -0.141. The van der Waals surface area contributed by atoms with Gasteiger partial charge in [0.1, 0.15) is 5.75 Å². The van der Waals surface area contributed by atoms with Crippen molar-refractivity contribution in [2.75, 3.05) is 6.54 Å². The Balaban J connectivity index is 2.60. The van der Waals surface area contributed by atoms with Gasteiger partial charge in [0.05, 0.1) is 5.92 Å². The first-order valence-corrected chi connectivity index (χ1v) is 6.68. The summed E-state index contributed by atoms with van der Waals surface area (Å²) >= 11 is 0. The fourth-order valence-corrected chi connectivity index (χ4v) is 1.62. The van der Waals surface area contributed by atoms with Crippen molar-refractivity contribution in [3.63, 3.8) is 0 Å². The molecule has 1 amide bonds. The van der Waals surface area contributed by atoms with E-state index < -0.39 is 18.0 Å². The van der Waals surface area contributed by atoms with Crippen LogP contribution in [0.2, 0.25) is 0 Å². The first-order chi connectivity index (χ1) is 9.45. The fourth-order valence-electron chi connectivity index (χ4n) is 1.62. The van der Waals surface area contributed by atoms with Gasteiger partial charge in [0.15, 0.2) is 6.10 Å². The molecule has 0 spiro atoms. The predicted molar refractivity (Wildman–Crippen MR) is 75.7 cm³/mol. The van der Waals surface area contributed by atoms with Gasteiger partial charge in [-0.1, -0.05) is 32.0 Å². The Morgan fingerprint density at radius 1 is 1.35 bits per heavy atom. The van der Waals surface area contributed by atoms with Crippen LogP contribution < -0.4 is 10.1 Å². The number of carbonyl (C=O) groups is 2. The number of para-hydroxylation sites is 1. The fraction of sp³-hybridized carbons (Fsp3) is 0.467. The molecule has 110 valence electrons. The zero-order chi connectivity index (χ0) is 15.1. The summed E-state index contributed by atoms with van der Waals surface area (Å²) in [5.74, 6) is -1.17. The minimum absolute atomic E-state index is 0.0990. The monoisotopic (exact) mass is 279 g/mol. The van der Waals surface area contributed by atoms with Crippen molar-refractivity contribution < 1.29 is 19.4 Å². The minimum Gasteiger partial charge on any atom is -0.481 e. The Hall–Kier alpha value is -2.04. The molecule has 0 aliphatic carbocycles. The van der Waals surface area contributed by atoms with E-state index in [1.54, 1.807) is 6.92 Å². The van der Waals surface area contributed by atoms with Crippen molar-refractivity contribution in [2.45, 2.75) is 33.3 Å². The standard InChI is InChI=1S/C15H21NO4/c1-4-12(14(17)16-9-11(3)15(18)19)20-13-8-6-5-7-10(13)2/h5-8,11-12H,4,9H2,1-3H3,(H,16,17)(H,18,19). The number of hydrogen-bond donors (Lipinski definition) is 2. The third-order valence-electron chi connectivity index (χ3n) is 3.03. The molecule has 0 bridgehead atoms. The number of carboxylic acids is 1. The zero-order valence-corrected chi connectivity index (χ0v) is 12.1. The molecule has 0 saturated carbocycles. The molecule has 2 unspecified atom stereocenters. The maximum absolute atomic E-state index is 12.0. The highest BCUT2D eigenvalue weighted by Gasteiger charge is 2.20. The molecular weight excluding hydrogens is 258 g/mol. The van der Waals surface area contributed by atoms with Gasteiger partial charge in [-0.05, 0) is 25.0 Å². The predicted octanol–water partition coefficient (Wildman–Crippen LogP) is 1.99. The zero-order valence-electron chi connectivity index (χ0n) is 12.1. The van der Waals surface area contributed by atoms with E-state index in [4.69, 9.17) is 9.84 Å². The van der Waals surface area contributed by atoms with Crippen LogP contribution in [0, 0.1) is 12.8 Å². The average molecular weight is 279 g/mol. The van der Waals surface area contributed by atoms with Gasteiger partial charge in [-0.3, -0.25) is 9.59 Å². The number of aryl methyl sites for hydroxylation is 1. The van der Waals surface area contributed by atoms with Crippen LogP contribution in [0.15, 0.2) is 24.3 Å². The second-order valence-corrected chi connectivity index (χ2v) is 4.76. The van der Waals surface area contributed by atoms with E-state index in [9.17, 15) is 9.59 Å². The molecular formula is C15H21NO4. The highest BCUT2D eigenvalue weighted by molar-refractivity contribution is 5.81. The number of carbonyl (C=O) groups excluding carboxylic acids is 1. The lowest BCUT2D eigenvalue weighted by atomic mass is 10.1. The SMILES string of the molecule is CCC(Oc1ccccc1C)C(=O)NCC(C)C(=O)O. The van der Waals surface area contributed by atoms with Gasteiger partial charge in [-0.2, -0.15) is 0 Å². The molecule has 0 aliphatic rings. The Kier molecular flexibility index (Phi) is 6.03. The summed E-state index contributed by atoms with van der Waals surface area (Å²) in [6.07, 6.45) is -0.0983. The molecule has 5 nitrogen and oxygen atoms in total. The maximum Gasteiger partial charge on any atom is 0.308 e. The molecule has 2 N–H and O–H groups in total. The summed E-state index contributed by atoms with van der Waals surface area (Å²) in [5, 5.41) is 11.4. The molecule has 0 radical (unpaired) electrons. The molecule has 0 heterocycles. The topological polar surface area (TPSA) is 75.6 Å². The van der Waals surface area contributed by atoms with E-state index in [0.717, 1.165) is 5.56 Å². The molecule has 0 aromatic heterocycles. The lowest BCUT2D eigenvalue weighted by Crippen LogP contribution is -2.41.